The molecular weight excluding hydrogens is 200 g/mol. The number of alkyl halides is 1. The molecule has 62 valence electrons. The summed E-state index contributed by atoms with van der Waals surface area (Å²) in [7, 11) is 0. The summed E-state index contributed by atoms with van der Waals surface area (Å²) in [5, 5.41) is 0.805. The molecule has 11 heavy (non-hydrogen) atoms. The van der Waals surface area contributed by atoms with Crippen molar-refractivity contribution < 1.29 is 0 Å². The minimum absolute atomic E-state index is 0.805. The number of hydrogen-bond acceptors (Lipinski definition) is 0. The molecule has 0 aromatic carbocycles. The maximum Gasteiger partial charge on any atom is 0.0645 e. The highest BCUT2D eigenvalue weighted by atomic mass is 79.9. The Balaban J connectivity index is 2.96. The van der Waals surface area contributed by atoms with Gasteiger partial charge in [-0.15, -0.1) is 12.5 Å². The molecule has 0 rings (SSSR count). The molecule has 1 heteroatoms. The molecule has 0 fully saturated rings. The van der Waals surface area contributed by atoms with Crippen LogP contribution in [0.3, 0.4) is 0 Å². The standard InChI is InChI=1S/C10H15Br/c1-2-3-4-5-6-7-8-9-10-11/h2H,1,3-7,10H2. The van der Waals surface area contributed by atoms with E-state index < -0.39 is 0 Å². The second-order valence-electron chi connectivity index (χ2n) is 2.38. The van der Waals surface area contributed by atoms with E-state index in [-0.39, 0.29) is 0 Å². The molecule has 0 aliphatic heterocycles. The van der Waals surface area contributed by atoms with E-state index in [1.165, 1.54) is 19.3 Å². The van der Waals surface area contributed by atoms with Gasteiger partial charge in [-0.05, 0) is 19.3 Å². The van der Waals surface area contributed by atoms with Gasteiger partial charge in [-0.1, -0.05) is 34.3 Å². The van der Waals surface area contributed by atoms with Crippen LogP contribution in [0.2, 0.25) is 0 Å². The van der Waals surface area contributed by atoms with Crippen molar-refractivity contribution in [1.29, 1.82) is 0 Å². The van der Waals surface area contributed by atoms with Crippen LogP contribution in [-0.4, -0.2) is 5.33 Å². The molecule has 0 amide bonds. The van der Waals surface area contributed by atoms with E-state index in [4.69, 9.17) is 0 Å². The molecule has 0 nitrogen and oxygen atoms in total. The van der Waals surface area contributed by atoms with Crippen LogP contribution in [0.1, 0.15) is 32.1 Å². The molecule has 0 aliphatic rings. The van der Waals surface area contributed by atoms with Crippen LogP contribution < -0.4 is 0 Å². The highest BCUT2D eigenvalue weighted by Crippen LogP contribution is 2.01. The lowest BCUT2D eigenvalue weighted by molar-refractivity contribution is 0.703. The number of hydrogen-bond donors (Lipinski definition) is 0. The summed E-state index contributed by atoms with van der Waals surface area (Å²) < 4.78 is 0. The molecular formula is C10H15Br. The van der Waals surface area contributed by atoms with Crippen molar-refractivity contribution >= 4 is 15.9 Å². The van der Waals surface area contributed by atoms with E-state index in [1.54, 1.807) is 0 Å². The molecule has 0 saturated carbocycles. The fraction of sp³-hybridized carbons (Fsp3) is 0.600. The van der Waals surface area contributed by atoms with Gasteiger partial charge in [-0.2, -0.15) is 0 Å². The van der Waals surface area contributed by atoms with E-state index >= 15 is 0 Å². The zero-order valence-electron chi connectivity index (χ0n) is 6.91. The summed E-state index contributed by atoms with van der Waals surface area (Å²) in [5.74, 6) is 6.07. The molecule has 0 N–H and O–H groups in total. The molecule has 0 unspecified atom stereocenters. The van der Waals surface area contributed by atoms with Gasteiger partial charge in [0.25, 0.3) is 0 Å². The summed E-state index contributed by atoms with van der Waals surface area (Å²) in [6.45, 7) is 3.67. The Morgan fingerprint density at radius 2 is 2.00 bits per heavy atom. The largest absolute Gasteiger partial charge is 0.103 e. The van der Waals surface area contributed by atoms with Crippen LogP contribution in [0, 0.1) is 11.8 Å². The maximum absolute atomic E-state index is 3.67. The average molecular weight is 215 g/mol. The predicted octanol–water partition coefficient (Wildman–Crippen LogP) is 3.52. The molecule has 0 aromatic rings. The first-order chi connectivity index (χ1) is 5.41. The summed E-state index contributed by atoms with van der Waals surface area (Å²) in [6.07, 6.45) is 7.94. The fourth-order valence-electron chi connectivity index (χ4n) is 0.814. The minimum Gasteiger partial charge on any atom is -0.103 e. The molecule has 0 atom stereocenters. The van der Waals surface area contributed by atoms with Gasteiger partial charge in [-0.25, -0.2) is 0 Å². The fourth-order valence-corrected chi connectivity index (χ4v) is 1.01. The monoisotopic (exact) mass is 214 g/mol. The molecule has 0 saturated heterocycles. The Morgan fingerprint density at radius 3 is 2.64 bits per heavy atom. The van der Waals surface area contributed by atoms with Crippen molar-refractivity contribution in [2.45, 2.75) is 32.1 Å². The molecule has 0 bridgehead atoms. The van der Waals surface area contributed by atoms with Crippen LogP contribution in [0.4, 0.5) is 0 Å². The third-order valence-electron chi connectivity index (χ3n) is 1.40. The lowest BCUT2D eigenvalue weighted by atomic mass is 10.1. The average Bonchev–Trinajstić information content (AvgIpc) is 2.03. The van der Waals surface area contributed by atoms with Crippen LogP contribution in [0.5, 0.6) is 0 Å². The predicted molar refractivity (Wildman–Crippen MR) is 54.9 cm³/mol. The van der Waals surface area contributed by atoms with Crippen LogP contribution in [-0.2, 0) is 0 Å². The second kappa shape index (κ2) is 9.78. The van der Waals surface area contributed by atoms with Gasteiger partial charge in [0.1, 0.15) is 0 Å². The van der Waals surface area contributed by atoms with Gasteiger partial charge >= 0.3 is 0 Å². The van der Waals surface area contributed by atoms with Gasteiger partial charge in [-0.3, -0.25) is 0 Å². The van der Waals surface area contributed by atoms with Crippen molar-refractivity contribution in [1.82, 2.24) is 0 Å². The van der Waals surface area contributed by atoms with Crippen molar-refractivity contribution in [3.63, 3.8) is 0 Å². The van der Waals surface area contributed by atoms with E-state index in [1.807, 2.05) is 6.08 Å². The Hall–Kier alpha value is -0.220. The highest BCUT2D eigenvalue weighted by Gasteiger charge is 1.83. The van der Waals surface area contributed by atoms with Crippen molar-refractivity contribution in [2.75, 3.05) is 5.33 Å². The van der Waals surface area contributed by atoms with Gasteiger partial charge in [0.15, 0.2) is 0 Å². The maximum atomic E-state index is 3.67. The molecule has 0 aromatic heterocycles. The Bertz CT molecular complexity index is 139. The van der Waals surface area contributed by atoms with Crippen molar-refractivity contribution in [3.05, 3.63) is 12.7 Å². The SMILES string of the molecule is C=CCCCCCC#CCBr. The first-order valence-corrected chi connectivity index (χ1v) is 5.16. The topological polar surface area (TPSA) is 0 Å². The molecule has 0 aliphatic carbocycles. The normalized spacial score (nSPS) is 8.45. The van der Waals surface area contributed by atoms with Crippen molar-refractivity contribution in [2.24, 2.45) is 0 Å². The molecule has 0 radical (unpaired) electrons. The number of halogens is 1. The first kappa shape index (κ1) is 10.8. The number of unbranched alkanes of at least 4 members (excludes halogenated alkanes) is 4. The molecule has 0 heterocycles. The third kappa shape index (κ3) is 9.78. The van der Waals surface area contributed by atoms with Gasteiger partial charge in [0, 0.05) is 6.42 Å². The summed E-state index contributed by atoms with van der Waals surface area (Å²) >= 11 is 3.26. The van der Waals surface area contributed by atoms with Gasteiger partial charge in [0.05, 0.1) is 5.33 Å². The van der Waals surface area contributed by atoms with Gasteiger partial charge < -0.3 is 0 Å². The van der Waals surface area contributed by atoms with E-state index in [2.05, 4.69) is 34.3 Å². The first-order valence-electron chi connectivity index (χ1n) is 4.04. The Kier molecular flexibility index (Phi) is 9.58. The van der Waals surface area contributed by atoms with E-state index in [0.29, 0.717) is 0 Å². The number of rotatable bonds is 5. The van der Waals surface area contributed by atoms with E-state index in [0.717, 1.165) is 18.2 Å². The minimum atomic E-state index is 0.805. The summed E-state index contributed by atoms with van der Waals surface area (Å²) in [5.41, 5.74) is 0. The second-order valence-corrected chi connectivity index (χ2v) is 2.94. The zero-order valence-corrected chi connectivity index (χ0v) is 8.49. The smallest absolute Gasteiger partial charge is 0.0645 e. The Morgan fingerprint density at radius 1 is 1.18 bits per heavy atom. The molecule has 0 spiro atoms. The summed E-state index contributed by atoms with van der Waals surface area (Å²) in [6, 6.07) is 0. The lowest BCUT2D eigenvalue weighted by Gasteiger charge is -1.92. The van der Waals surface area contributed by atoms with Crippen LogP contribution >= 0.6 is 15.9 Å². The summed E-state index contributed by atoms with van der Waals surface area (Å²) in [4.78, 5) is 0. The van der Waals surface area contributed by atoms with Gasteiger partial charge in [0.2, 0.25) is 0 Å². The Labute approximate surface area is 78.2 Å². The van der Waals surface area contributed by atoms with Crippen molar-refractivity contribution in [3.8, 4) is 11.8 Å². The quantitative estimate of drug-likeness (QED) is 0.285. The van der Waals surface area contributed by atoms with Crippen LogP contribution in [0.25, 0.3) is 0 Å². The zero-order chi connectivity index (χ0) is 8.36. The van der Waals surface area contributed by atoms with Crippen LogP contribution in [0.15, 0.2) is 12.7 Å². The highest BCUT2D eigenvalue weighted by molar-refractivity contribution is 9.09. The van der Waals surface area contributed by atoms with E-state index in [9.17, 15) is 0 Å². The lowest BCUT2D eigenvalue weighted by Crippen LogP contribution is -1.74. The number of allylic oxidation sites excluding steroid dienone is 1. The third-order valence-corrected chi connectivity index (χ3v) is 1.68.